The molecule has 44 valence electrons. The summed E-state index contributed by atoms with van der Waals surface area (Å²) in [5, 5.41) is 9.00. The van der Waals surface area contributed by atoms with Crippen molar-refractivity contribution in [3.05, 3.63) is 28.6 Å². The van der Waals surface area contributed by atoms with Gasteiger partial charge in [-0.25, -0.2) is 0 Å². The van der Waals surface area contributed by atoms with Crippen LogP contribution in [0.5, 0.6) is 0 Å². The summed E-state index contributed by atoms with van der Waals surface area (Å²) in [6, 6.07) is 0. The first kappa shape index (κ1) is 64.1. The molecule has 0 saturated heterocycles. The van der Waals surface area contributed by atoms with Crippen LogP contribution in [0.2, 0.25) is 0 Å². The zero-order valence-corrected chi connectivity index (χ0v) is 5.41. The molecule has 6 N–H and O–H groups in total. The molecule has 0 saturated carbocycles. The van der Waals surface area contributed by atoms with Crippen LogP contribution in [-0.2, 0) is 21.1 Å². The number of nitrogens with zero attached hydrogens (tertiary/aromatic N) is 1. The predicted octanol–water partition coefficient (Wildman–Crippen LogP) is 2.40. The van der Waals surface area contributed by atoms with Crippen LogP contribution in [0.1, 0.15) is 0 Å². The van der Waals surface area contributed by atoms with Crippen LogP contribution in [0.3, 0.4) is 0 Å². The SMILES string of the molecule is O=N[O-].[Mo+4].[NH2-].[NH2-].[NH2-]. The van der Waals surface area contributed by atoms with Gasteiger partial charge in [-0.2, -0.15) is 0 Å². The summed E-state index contributed by atoms with van der Waals surface area (Å²) in [6.45, 7) is 0. The average molecular weight is 190 g/mol. The molecule has 0 amide bonds. The molecular weight excluding hydrogens is 184 g/mol. The molecule has 0 aromatic rings. The summed E-state index contributed by atoms with van der Waals surface area (Å²) >= 11 is 0. The second kappa shape index (κ2) is 157. The van der Waals surface area contributed by atoms with E-state index in [0.717, 1.165) is 5.34 Å². The Morgan fingerprint density at radius 1 is 1.14 bits per heavy atom. The molecule has 7 heavy (non-hydrogen) atoms. The quantitative estimate of drug-likeness (QED) is 0.326. The van der Waals surface area contributed by atoms with Crippen LogP contribution in [0.15, 0.2) is 5.34 Å². The summed E-state index contributed by atoms with van der Waals surface area (Å²) in [4.78, 5) is 8.00. The Morgan fingerprint density at radius 2 is 1.14 bits per heavy atom. The maximum atomic E-state index is 8.00. The minimum Gasteiger partial charge on any atom is -0.693 e. The van der Waals surface area contributed by atoms with E-state index < -0.39 is 0 Å². The molecule has 7 heteroatoms. The van der Waals surface area contributed by atoms with Crippen LogP contribution >= 0.6 is 0 Å². The zero-order valence-electron chi connectivity index (χ0n) is 3.40. The van der Waals surface area contributed by atoms with Crippen molar-refractivity contribution in [2.24, 2.45) is 5.34 Å². The van der Waals surface area contributed by atoms with Crippen molar-refractivity contribution in [3.8, 4) is 0 Å². The smallest absolute Gasteiger partial charge is 0.693 e. The van der Waals surface area contributed by atoms with Gasteiger partial charge in [0.2, 0.25) is 0 Å². The maximum absolute atomic E-state index is 8.00. The van der Waals surface area contributed by atoms with Gasteiger partial charge in [-0.05, 0) is 0 Å². The van der Waals surface area contributed by atoms with Crippen molar-refractivity contribution in [1.82, 2.24) is 0 Å². The summed E-state index contributed by atoms with van der Waals surface area (Å²) in [7, 11) is 0. The Balaban J connectivity index is -0.00000000333. The van der Waals surface area contributed by atoms with Gasteiger partial charge in [-0.3, -0.25) is 0 Å². The largest absolute Gasteiger partial charge is 4.00 e. The third kappa shape index (κ3) is 93600. The van der Waals surface area contributed by atoms with E-state index >= 15 is 0 Å². The van der Waals surface area contributed by atoms with Crippen molar-refractivity contribution in [3.63, 3.8) is 0 Å². The number of nitrogens with two attached hydrogens (primary N) is 3. The molecule has 0 radical (unpaired) electrons. The predicted molar refractivity (Wildman–Crippen MR) is 25.0 cm³/mol. The van der Waals surface area contributed by atoms with Crippen LogP contribution < -0.4 is 0 Å². The van der Waals surface area contributed by atoms with Gasteiger partial charge >= 0.3 is 21.1 Å². The third-order valence-corrected chi connectivity index (χ3v) is 0. The van der Waals surface area contributed by atoms with Gasteiger partial charge in [0.05, 0.1) is 0 Å². The van der Waals surface area contributed by atoms with Crippen molar-refractivity contribution < 1.29 is 21.1 Å². The van der Waals surface area contributed by atoms with Crippen LogP contribution in [0.4, 0.5) is 0 Å². The Labute approximate surface area is 55.6 Å². The van der Waals surface area contributed by atoms with Crippen molar-refractivity contribution in [1.29, 1.82) is 0 Å². The van der Waals surface area contributed by atoms with E-state index in [2.05, 4.69) is 0 Å². The molecule has 0 heterocycles. The molecule has 0 aromatic heterocycles. The van der Waals surface area contributed by atoms with E-state index in [1.54, 1.807) is 0 Å². The fraction of sp³-hybridized carbons (Fsp3) is 0. The fourth-order valence-corrected chi connectivity index (χ4v) is 0. The van der Waals surface area contributed by atoms with E-state index in [1.807, 2.05) is 0 Å². The van der Waals surface area contributed by atoms with E-state index in [9.17, 15) is 0 Å². The molecule has 0 fully saturated rings. The number of rotatable bonds is 0. The second-order valence-electron chi connectivity index (χ2n) is 0.0745. The monoisotopic (exact) mass is 192 g/mol. The van der Waals surface area contributed by atoms with Crippen LogP contribution in [-0.4, -0.2) is 0 Å². The molecule has 0 rings (SSSR count). The molecule has 0 spiro atoms. The molecule has 0 aromatic carbocycles. The van der Waals surface area contributed by atoms with Gasteiger partial charge in [0.1, 0.15) is 0 Å². The average Bonchev–Trinajstić information content (AvgIpc) is 0.918. The molecule has 0 aliphatic rings. The molecule has 0 aliphatic heterocycles. The number of hydrogen-bond donors (Lipinski definition) is 0. The van der Waals surface area contributed by atoms with Crippen molar-refractivity contribution in [2.75, 3.05) is 0 Å². The summed E-state index contributed by atoms with van der Waals surface area (Å²) in [6.07, 6.45) is 0. The van der Waals surface area contributed by atoms with Crippen LogP contribution in [0.25, 0.3) is 18.5 Å². The van der Waals surface area contributed by atoms with E-state index in [-0.39, 0.29) is 39.5 Å². The van der Waals surface area contributed by atoms with Gasteiger partial charge in [0.15, 0.2) is 0 Å². The normalized spacial score (nSPS) is 1.71. The molecule has 0 atom stereocenters. The van der Waals surface area contributed by atoms with E-state index in [1.165, 1.54) is 0 Å². The van der Waals surface area contributed by atoms with Gasteiger partial charge in [-0.1, -0.05) is 0 Å². The van der Waals surface area contributed by atoms with Crippen LogP contribution in [0, 0.1) is 10.1 Å². The molecule has 0 bridgehead atoms. The van der Waals surface area contributed by atoms with E-state index in [0.29, 0.717) is 0 Å². The Hall–Kier alpha value is -0.0317. The topological polar surface area (TPSA) is 153 Å². The third-order valence-electron chi connectivity index (χ3n) is 0. The van der Waals surface area contributed by atoms with Gasteiger partial charge < -0.3 is 28.6 Å². The molecule has 6 nitrogen and oxygen atoms in total. The summed E-state index contributed by atoms with van der Waals surface area (Å²) < 4.78 is 0. The fourth-order valence-electron chi connectivity index (χ4n) is 0. The first-order chi connectivity index (χ1) is 1.41. The summed E-state index contributed by atoms with van der Waals surface area (Å²) in [5.41, 5.74) is 0. The minimum atomic E-state index is 0. The van der Waals surface area contributed by atoms with Gasteiger partial charge in [-0.15, -0.1) is 5.34 Å². The Morgan fingerprint density at radius 3 is 1.14 bits per heavy atom. The second-order valence-corrected chi connectivity index (χ2v) is 0.0745. The van der Waals surface area contributed by atoms with Gasteiger partial charge in [0, 0.05) is 0 Å². The van der Waals surface area contributed by atoms with E-state index in [4.69, 9.17) is 10.1 Å². The molecule has 0 aliphatic carbocycles. The first-order valence-electron chi connectivity index (χ1n) is 0.365. The molecular formula is H6MoN4O2. The zero-order chi connectivity index (χ0) is 2.71. The Kier molecular flexibility index (Phi) is 1440. The minimum absolute atomic E-state index is 0. The van der Waals surface area contributed by atoms with Gasteiger partial charge in [0.25, 0.3) is 0 Å². The number of hydrogen-bond acceptors (Lipinski definition) is 3. The maximum Gasteiger partial charge on any atom is 4.00 e. The summed E-state index contributed by atoms with van der Waals surface area (Å²) in [5.74, 6) is 0. The first-order valence-corrected chi connectivity index (χ1v) is 0.365. The molecule has 0 unspecified atom stereocenters. The Bertz CT molecular complexity index is 17.2. The van der Waals surface area contributed by atoms with Crippen molar-refractivity contribution >= 4 is 0 Å². The van der Waals surface area contributed by atoms with Crippen molar-refractivity contribution in [2.45, 2.75) is 0 Å². The standard InChI is InChI=1S/Mo.HNO2.3H2N/c;2-1-3;;;/h;(H,2,3);3*1H2/q+4;;3*-1/p-1.